The Balaban J connectivity index is 2.38. The molecule has 0 atom stereocenters. The SMILES string of the molecule is COc1cc(N)ccc1S(=O)(=O)Nc1ccc(Cl)cn1. The number of rotatable bonds is 4. The van der Waals surface area contributed by atoms with E-state index in [-0.39, 0.29) is 16.5 Å². The maximum atomic E-state index is 12.3. The summed E-state index contributed by atoms with van der Waals surface area (Å²) in [5, 5.41) is 0.415. The van der Waals surface area contributed by atoms with E-state index >= 15 is 0 Å². The van der Waals surface area contributed by atoms with Crippen LogP contribution in [0.4, 0.5) is 11.5 Å². The van der Waals surface area contributed by atoms with E-state index in [2.05, 4.69) is 9.71 Å². The van der Waals surface area contributed by atoms with Crippen molar-refractivity contribution in [3.8, 4) is 5.75 Å². The van der Waals surface area contributed by atoms with E-state index in [0.29, 0.717) is 10.7 Å². The molecule has 0 unspecified atom stereocenters. The third-order valence-corrected chi connectivity index (χ3v) is 4.06. The maximum absolute atomic E-state index is 12.3. The van der Waals surface area contributed by atoms with Gasteiger partial charge in [0.2, 0.25) is 0 Å². The summed E-state index contributed by atoms with van der Waals surface area (Å²) in [6.45, 7) is 0. The van der Waals surface area contributed by atoms with Crippen LogP contribution in [-0.4, -0.2) is 20.5 Å². The Morgan fingerprint density at radius 1 is 1.30 bits per heavy atom. The summed E-state index contributed by atoms with van der Waals surface area (Å²) in [6.07, 6.45) is 1.35. The minimum Gasteiger partial charge on any atom is -0.495 e. The summed E-state index contributed by atoms with van der Waals surface area (Å²) in [7, 11) is -2.45. The van der Waals surface area contributed by atoms with Crippen molar-refractivity contribution in [2.45, 2.75) is 4.90 Å². The number of anilines is 2. The van der Waals surface area contributed by atoms with Crippen LogP contribution in [0.25, 0.3) is 0 Å². The zero-order chi connectivity index (χ0) is 14.8. The van der Waals surface area contributed by atoms with Crippen LogP contribution >= 0.6 is 11.6 Å². The second-order valence-corrected chi connectivity index (χ2v) is 5.96. The lowest BCUT2D eigenvalue weighted by Crippen LogP contribution is -2.15. The molecule has 1 aromatic carbocycles. The molecule has 0 spiro atoms. The van der Waals surface area contributed by atoms with Crippen LogP contribution in [0.1, 0.15) is 0 Å². The molecule has 0 radical (unpaired) electrons. The number of nitrogens with two attached hydrogens (primary N) is 1. The first-order valence-corrected chi connectivity index (χ1v) is 7.36. The van der Waals surface area contributed by atoms with E-state index in [1.165, 1.54) is 43.6 Å². The number of sulfonamides is 1. The lowest BCUT2D eigenvalue weighted by molar-refractivity contribution is 0.403. The van der Waals surface area contributed by atoms with Gasteiger partial charge in [0, 0.05) is 18.0 Å². The Kier molecular flexibility index (Phi) is 4.01. The van der Waals surface area contributed by atoms with Gasteiger partial charge in [0.05, 0.1) is 12.1 Å². The minimum absolute atomic E-state index is 0.0223. The number of halogens is 1. The van der Waals surface area contributed by atoms with Gasteiger partial charge in [-0.3, -0.25) is 4.72 Å². The second kappa shape index (κ2) is 5.56. The Labute approximate surface area is 121 Å². The molecule has 0 saturated heterocycles. The summed E-state index contributed by atoms with van der Waals surface area (Å²) < 4.78 is 31.9. The highest BCUT2D eigenvalue weighted by atomic mass is 35.5. The molecular formula is C12H12ClN3O3S. The van der Waals surface area contributed by atoms with E-state index in [1.54, 1.807) is 0 Å². The molecule has 2 aromatic rings. The molecule has 2 rings (SSSR count). The Bertz CT molecular complexity index is 717. The molecule has 1 heterocycles. The Hall–Kier alpha value is -1.99. The average Bonchev–Trinajstić information content (AvgIpc) is 2.40. The van der Waals surface area contributed by atoms with E-state index in [9.17, 15) is 8.42 Å². The quantitative estimate of drug-likeness (QED) is 0.843. The van der Waals surface area contributed by atoms with Crippen molar-refractivity contribution in [1.82, 2.24) is 4.98 Å². The lowest BCUT2D eigenvalue weighted by Gasteiger charge is -2.11. The van der Waals surface area contributed by atoms with Crippen molar-refractivity contribution < 1.29 is 13.2 Å². The van der Waals surface area contributed by atoms with Crippen LogP contribution in [0, 0.1) is 0 Å². The minimum atomic E-state index is -3.82. The molecule has 0 amide bonds. The molecule has 0 bridgehead atoms. The van der Waals surface area contributed by atoms with Crippen molar-refractivity contribution in [1.29, 1.82) is 0 Å². The van der Waals surface area contributed by atoms with E-state index < -0.39 is 10.0 Å². The van der Waals surface area contributed by atoms with Gasteiger partial charge in [-0.25, -0.2) is 13.4 Å². The predicted molar refractivity (Wildman–Crippen MR) is 77.5 cm³/mol. The normalized spacial score (nSPS) is 11.1. The largest absolute Gasteiger partial charge is 0.495 e. The van der Waals surface area contributed by atoms with Gasteiger partial charge in [0.25, 0.3) is 10.0 Å². The number of ether oxygens (including phenoxy) is 1. The molecule has 0 aliphatic rings. The molecule has 0 aliphatic carbocycles. The van der Waals surface area contributed by atoms with E-state index in [0.717, 1.165) is 0 Å². The molecule has 106 valence electrons. The predicted octanol–water partition coefficient (Wildman–Crippen LogP) is 2.13. The van der Waals surface area contributed by atoms with Crippen LogP contribution in [-0.2, 0) is 10.0 Å². The molecule has 0 saturated carbocycles. The van der Waals surface area contributed by atoms with Gasteiger partial charge in [0.15, 0.2) is 0 Å². The number of nitrogens with one attached hydrogen (secondary N) is 1. The lowest BCUT2D eigenvalue weighted by atomic mass is 10.3. The van der Waals surface area contributed by atoms with Crippen molar-refractivity contribution in [3.05, 3.63) is 41.6 Å². The zero-order valence-electron chi connectivity index (χ0n) is 10.5. The van der Waals surface area contributed by atoms with Crippen LogP contribution < -0.4 is 15.2 Å². The summed E-state index contributed by atoms with van der Waals surface area (Å²) in [6, 6.07) is 7.28. The Morgan fingerprint density at radius 3 is 2.65 bits per heavy atom. The Morgan fingerprint density at radius 2 is 2.05 bits per heavy atom. The number of hydrogen-bond donors (Lipinski definition) is 2. The monoisotopic (exact) mass is 313 g/mol. The van der Waals surface area contributed by atoms with Crippen molar-refractivity contribution >= 4 is 33.1 Å². The number of aromatic nitrogens is 1. The number of pyridine rings is 1. The maximum Gasteiger partial charge on any atom is 0.266 e. The first kappa shape index (κ1) is 14.4. The van der Waals surface area contributed by atoms with Crippen molar-refractivity contribution in [3.63, 3.8) is 0 Å². The number of nitrogen functional groups attached to an aromatic ring is 1. The summed E-state index contributed by atoms with van der Waals surface area (Å²) >= 11 is 5.69. The molecule has 1 aromatic heterocycles. The number of methoxy groups -OCH3 is 1. The van der Waals surface area contributed by atoms with Gasteiger partial charge in [0.1, 0.15) is 16.5 Å². The highest BCUT2D eigenvalue weighted by molar-refractivity contribution is 7.92. The third kappa shape index (κ3) is 3.12. The smallest absolute Gasteiger partial charge is 0.266 e. The van der Waals surface area contributed by atoms with Crippen LogP contribution in [0.2, 0.25) is 5.02 Å². The summed E-state index contributed by atoms with van der Waals surface area (Å²) in [5.74, 6) is 0.319. The third-order valence-electron chi connectivity index (χ3n) is 2.44. The van der Waals surface area contributed by atoms with Crippen LogP contribution in [0.3, 0.4) is 0 Å². The molecule has 6 nitrogen and oxygen atoms in total. The summed E-state index contributed by atoms with van der Waals surface area (Å²) in [5.41, 5.74) is 6.00. The van der Waals surface area contributed by atoms with Gasteiger partial charge in [-0.15, -0.1) is 0 Å². The van der Waals surface area contributed by atoms with Crippen molar-refractivity contribution in [2.75, 3.05) is 17.6 Å². The fourth-order valence-corrected chi connectivity index (χ4v) is 2.81. The number of nitrogens with zero attached hydrogens (tertiary/aromatic N) is 1. The topological polar surface area (TPSA) is 94.3 Å². The molecular weight excluding hydrogens is 302 g/mol. The van der Waals surface area contributed by atoms with E-state index in [1.807, 2.05) is 0 Å². The van der Waals surface area contributed by atoms with Gasteiger partial charge in [-0.2, -0.15) is 0 Å². The van der Waals surface area contributed by atoms with Gasteiger partial charge in [-0.1, -0.05) is 11.6 Å². The van der Waals surface area contributed by atoms with Gasteiger partial charge >= 0.3 is 0 Å². The molecule has 20 heavy (non-hydrogen) atoms. The zero-order valence-corrected chi connectivity index (χ0v) is 12.1. The highest BCUT2D eigenvalue weighted by Gasteiger charge is 2.20. The van der Waals surface area contributed by atoms with E-state index in [4.69, 9.17) is 22.1 Å². The van der Waals surface area contributed by atoms with Crippen LogP contribution in [0.15, 0.2) is 41.4 Å². The first-order valence-electron chi connectivity index (χ1n) is 5.50. The standard InChI is InChI=1S/C12H12ClN3O3S/c1-19-10-6-9(14)3-4-11(10)20(17,18)16-12-5-2-8(13)7-15-12/h2-7H,14H2,1H3,(H,15,16). The first-order chi connectivity index (χ1) is 9.42. The second-order valence-electron chi connectivity index (χ2n) is 3.88. The van der Waals surface area contributed by atoms with Crippen LogP contribution in [0.5, 0.6) is 5.75 Å². The highest BCUT2D eigenvalue weighted by Crippen LogP contribution is 2.27. The fourth-order valence-electron chi connectivity index (χ4n) is 1.54. The molecule has 0 fully saturated rings. The van der Waals surface area contributed by atoms with Gasteiger partial charge in [-0.05, 0) is 24.3 Å². The summed E-state index contributed by atoms with van der Waals surface area (Å²) in [4.78, 5) is 3.85. The molecule has 0 aliphatic heterocycles. The average molecular weight is 314 g/mol. The van der Waals surface area contributed by atoms with Crippen molar-refractivity contribution in [2.24, 2.45) is 0 Å². The van der Waals surface area contributed by atoms with Gasteiger partial charge < -0.3 is 10.5 Å². The number of benzene rings is 1. The molecule has 3 N–H and O–H groups in total. The number of hydrogen-bond acceptors (Lipinski definition) is 5. The molecule has 8 heteroatoms. The fraction of sp³-hybridized carbons (Fsp3) is 0.0833.